The van der Waals surface area contributed by atoms with Crippen LogP contribution in [0.1, 0.15) is 44.6 Å². The maximum atomic E-state index is 4.65. The van der Waals surface area contributed by atoms with Gasteiger partial charge in [-0.1, -0.05) is 23.8 Å². The lowest BCUT2D eigenvalue weighted by molar-refractivity contribution is 0.678. The van der Waals surface area contributed by atoms with Crippen LogP contribution in [0.2, 0.25) is 0 Å². The topological polar surface area (TPSA) is 53.9 Å². The molecule has 3 rings (SSSR count). The van der Waals surface area contributed by atoms with Gasteiger partial charge < -0.3 is 10.2 Å². The SMILES string of the molecule is CCN(c1cccc(C)c1)c1cnnc(NCCC2=CCCCC2)n1. The second-order valence-corrected chi connectivity index (χ2v) is 6.51. The van der Waals surface area contributed by atoms with Crippen LogP contribution in [-0.2, 0) is 0 Å². The largest absolute Gasteiger partial charge is 0.353 e. The van der Waals surface area contributed by atoms with E-state index >= 15 is 0 Å². The Morgan fingerprint density at radius 1 is 1.24 bits per heavy atom. The lowest BCUT2D eigenvalue weighted by Gasteiger charge is -2.22. The van der Waals surface area contributed by atoms with Gasteiger partial charge in [-0.3, -0.25) is 0 Å². The number of aryl methyl sites for hydroxylation is 1. The lowest BCUT2D eigenvalue weighted by Crippen LogP contribution is -2.19. The maximum absolute atomic E-state index is 4.65. The Bertz CT molecular complexity index is 726. The summed E-state index contributed by atoms with van der Waals surface area (Å²) in [5, 5.41) is 11.6. The summed E-state index contributed by atoms with van der Waals surface area (Å²) in [7, 11) is 0. The molecule has 0 aliphatic heterocycles. The Morgan fingerprint density at radius 2 is 2.16 bits per heavy atom. The third-order valence-electron chi connectivity index (χ3n) is 4.57. The molecule has 1 aromatic heterocycles. The van der Waals surface area contributed by atoms with Crippen molar-refractivity contribution in [3.05, 3.63) is 47.7 Å². The van der Waals surface area contributed by atoms with E-state index in [1.54, 1.807) is 11.8 Å². The highest BCUT2D eigenvalue weighted by Crippen LogP contribution is 2.24. The molecule has 1 aliphatic carbocycles. The molecule has 0 unspecified atom stereocenters. The molecule has 25 heavy (non-hydrogen) atoms. The van der Waals surface area contributed by atoms with Gasteiger partial charge in [0.2, 0.25) is 5.95 Å². The van der Waals surface area contributed by atoms with Crippen molar-refractivity contribution >= 4 is 17.5 Å². The van der Waals surface area contributed by atoms with Crippen molar-refractivity contribution in [3.63, 3.8) is 0 Å². The van der Waals surface area contributed by atoms with Crippen LogP contribution >= 0.6 is 0 Å². The van der Waals surface area contributed by atoms with Gasteiger partial charge in [-0.05, 0) is 63.6 Å². The predicted octanol–water partition coefficient (Wildman–Crippen LogP) is 4.64. The number of hydrogen-bond donors (Lipinski definition) is 1. The number of rotatable bonds is 7. The Hall–Kier alpha value is -2.43. The number of allylic oxidation sites excluding steroid dienone is 1. The van der Waals surface area contributed by atoms with E-state index in [4.69, 9.17) is 0 Å². The summed E-state index contributed by atoms with van der Waals surface area (Å²) in [4.78, 5) is 6.80. The van der Waals surface area contributed by atoms with Gasteiger partial charge in [-0.15, -0.1) is 5.10 Å². The van der Waals surface area contributed by atoms with Crippen molar-refractivity contribution in [2.75, 3.05) is 23.3 Å². The molecule has 0 fully saturated rings. The molecular weight excluding hydrogens is 310 g/mol. The molecule has 1 N–H and O–H groups in total. The van der Waals surface area contributed by atoms with Gasteiger partial charge in [0.05, 0.1) is 6.20 Å². The molecule has 1 aromatic carbocycles. The van der Waals surface area contributed by atoms with Gasteiger partial charge >= 0.3 is 0 Å². The molecule has 0 saturated heterocycles. The van der Waals surface area contributed by atoms with E-state index in [-0.39, 0.29) is 0 Å². The highest BCUT2D eigenvalue weighted by atomic mass is 15.3. The first kappa shape index (κ1) is 17.4. The number of benzene rings is 1. The number of anilines is 3. The van der Waals surface area contributed by atoms with Crippen molar-refractivity contribution in [2.24, 2.45) is 0 Å². The quantitative estimate of drug-likeness (QED) is 0.746. The molecule has 5 nitrogen and oxygen atoms in total. The summed E-state index contributed by atoms with van der Waals surface area (Å²) in [6, 6.07) is 8.43. The summed E-state index contributed by atoms with van der Waals surface area (Å²) < 4.78 is 0. The van der Waals surface area contributed by atoms with Gasteiger partial charge in [-0.25, -0.2) is 0 Å². The molecule has 2 aromatic rings. The third-order valence-corrected chi connectivity index (χ3v) is 4.57. The van der Waals surface area contributed by atoms with Crippen LogP contribution < -0.4 is 10.2 Å². The first-order valence-electron chi connectivity index (χ1n) is 9.22. The Kier molecular flexibility index (Phi) is 5.99. The fourth-order valence-corrected chi connectivity index (χ4v) is 3.24. The standard InChI is InChI=1S/C20H27N5/c1-3-25(18-11-7-8-16(2)14-18)19-15-22-24-20(23-19)21-13-12-17-9-5-4-6-10-17/h7-9,11,14-15H,3-6,10,12-13H2,1-2H3,(H,21,23,24). The number of nitrogens with one attached hydrogen (secondary N) is 1. The molecule has 5 heteroatoms. The van der Waals surface area contributed by atoms with E-state index in [2.05, 4.69) is 69.6 Å². The molecule has 0 saturated carbocycles. The van der Waals surface area contributed by atoms with E-state index in [0.29, 0.717) is 5.95 Å². The molecule has 0 amide bonds. The Balaban J connectivity index is 1.66. The van der Waals surface area contributed by atoms with Crippen LogP contribution in [0.4, 0.5) is 17.5 Å². The van der Waals surface area contributed by atoms with Gasteiger partial charge in [0.25, 0.3) is 0 Å². The van der Waals surface area contributed by atoms with Crippen molar-refractivity contribution in [2.45, 2.75) is 46.0 Å². The normalized spacial score (nSPS) is 14.1. The molecule has 0 bridgehead atoms. The van der Waals surface area contributed by atoms with Crippen LogP contribution in [0.15, 0.2) is 42.1 Å². The van der Waals surface area contributed by atoms with E-state index < -0.39 is 0 Å². The Labute approximate surface area is 150 Å². The maximum Gasteiger partial charge on any atom is 0.244 e. The van der Waals surface area contributed by atoms with E-state index in [0.717, 1.165) is 31.0 Å². The monoisotopic (exact) mass is 337 g/mol. The van der Waals surface area contributed by atoms with Crippen molar-refractivity contribution < 1.29 is 0 Å². The van der Waals surface area contributed by atoms with Gasteiger partial charge in [-0.2, -0.15) is 10.1 Å². The summed E-state index contributed by atoms with van der Waals surface area (Å²) >= 11 is 0. The summed E-state index contributed by atoms with van der Waals surface area (Å²) in [6.07, 6.45) is 10.3. The van der Waals surface area contributed by atoms with E-state index in [1.807, 2.05) is 0 Å². The number of hydrogen-bond acceptors (Lipinski definition) is 5. The smallest absolute Gasteiger partial charge is 0.244 e. The van der Waals surface area contributed by atoms with Crippen LogP contribution in [0.25, 0.3) is 0 Å². The highest BCUT2D eigenvalue weighted by Gasteiger charge is 2.11. The van der Waals surface area contributed by atoms with Gasteiger partial charge in [0.1, 0.15) is 0 Å². The molecule has 0 atom stereocenters. The van der Waals surface area contributed by atoms with Crippen LogP contribution in [0, 0.1) is 6.92 Å². The third kappa shape index (κ3) is 4.78. The zero-order valence-electron chi connectivity index (χ0n) is 15.2. The minimum Gasteiger partial charge on any atom is -0.353 e. The second kappa shape index (κ2) is 8.60. The first-order chi connectivity index (χ1) is 12.3. The highest BCUT2D eigenvalue weighted by molar-refractivity contribution is 5.60. The lowest BCUT2D eigenvalue weighted by atomic mass is 9.97. The van der Waals surface area contributed by atoms with Crippen LogP contribution in [-0.4, -0.2) is 28.3 Å². The fourth-order valence-electron chi connectivity index (χ4n) is 3.24. The first-order valence-corrected chi connectivity index (χ1v) is 9.22. The Morgan fingerprint density at radius 3 is 2.92 bits per heavy atom. The van der Waals surface area contributed by atoms with Crippen molar-refractivity contribution in [1.82, 2.24) is 15.2 Å². The van der Waals surface area contributed by atoms with Crippen molar-refractivity contribution in [3.8, 4) is 0 Å². The molecular formula is C20H27N5. The predicted molar refractivity (Wildman–Crippen MR) is 103 cm³/mol. The molecule has 0 radical (unpaired) electrons. The van der Waals surface area contributed by atoms with Crippen LogP contribution in [0.3, 0.4) is 0 Å². The molecule has 0 spiro atoms. The number of nitrogens with zero attached hydrogens (tertiary/aromatic N) is 4. The summed E-state index contributed by atoms with van der Waals surface area (Å²) in [5.41, 5.74) is 3.91. The average molecular weight is 337 g/mol. The second-order valence-electron chi connectivity index (χ2n) is 6.51. The molecule has 1 heterocycles. The van der Waals surface area contributed by atoms with Crippen molar-refractivity contribution in [1.29, 1.82) is 0 Å². The van der Waals surface area contributed by atoms with Gasteiger partial charge in [0, 0.05) is 18.8 Å². The minimum absolute atomic E-state index is 0.597. The average Bonchev–Trinajstić information content (AvgIpc) is 2.64. The van der Waals surface area contributed by atoms with E-state index in [1.165, 1.54) is 31.2 Å². The van der Waals surface area contributed by atoms with E-state index in [9.17, 15) is 0 Å². The molecule has 132 valence electrons. The molecule has 1 aliphatic rings. The van der Waals surface area contributed by atoms with Gasteiger partial charge in [0.15, 0.2) is 5.82 Å². The number of aromatic nitrogens is 3. The minimum atomic E-state index is 0.597. The summed E-state index contributed by atoms with van der Waals surface area (Å²) in [6.45, 7) is 5.90. The summed E-state index contributed by atoms with van der Waals surface area (Å²) in [5.74, 6) is 1.42. The zero-order valence-corrected chi connectivity index (χ0v) is 15.2. The zero-order chi connectivity index (χ0) is 17.5. The fraction of sp³-hybridized carbons (Fsp3) is 0.450. The van der Waals surface area contributed by atoms with Crippen LogP contribution in [0.5, 0.6) is 0 Å².